The normalized spacial score (nSPS) is 18.0. The number of aryl methyl sites for hydroxylation is 2. The van der Waals surface area contributed by atoms with Crippen LogP contribution >= 0.6 is 0 Å². The molecule has 186 valence electrons. The van der Waals surface area contributed by atoms with Crippen LogP contribution in [0, 0.1) is 13.8 Å². The van der Waals surface area contributed by atoms with Gasteiger partial charge in [-0.05, 0) is 57.7 Å². The molecule has 9 nitrogen and oxygen atoms in total. The summed E-state index contributed by atoms with van der Waals surface area (Å²) in [4.78, 5) is 16.8. The van der Waals surface area contributed by atoms with Crippen molar-refractivity contribution in [2.45, 2.75) is 64.7 Å². The third kappa shape index (κ3) is 6.56. The molecular weight excluding hydrogens is 460 g/mol. The summed E-state index contributed by atoms with van der Waals surface area (Å²) in [5.74, 6) is 0.538. The molecule has 1 saturated carbocycles. The Labute approximate surface area is 201 Å². The maximum absolute atomic E-state index is 12.5. The lowest BCUT2D eigenvalue weighted by molar-refractivity contribution is -0.0390. The summed E-state index contributed by atoms with van der Waals surface area (Å²) >= 11 is 0. The molecule has 0 spiro atoms. The fourth-order valence-electron chi connectivity index (χ4n) is 3.90. The third-order valence-electron chi connectivity index (χ3n) is 5.87. The third-order valence-corrected chi connectivity index (χ3v) is 5.87. The number of halogens is 2. The summed E-state index contributed by atoms with van der Waals surface area (Å²) in [7, 11) is 0. The minimum Gasteiger partial charge on any atom is -0.472 e. The van der Waals surface area contributed by atoms with Crippen LogP contribution in [0.15, 0.2) is 35.0 Å². The lowest BCUT2D eigenvalue weighted by Crippen LogP contribution is -2.39. The average molecular weight is 488 g/mol. The Bertz CT molecular complexity index is 1110. The van der Waals surface area contributed by atoms with Crippen LogP contribution < -0.4 is 10.1 Å². The minimum absolute atomic E-state index is 0.0575. The molecule has 0 aromatic carbocycles. The highest BCUT2D eigenvalue weighted by atomic mass is 19.3. The van der Waals surface area contributed by atoms with Crippen molar-refractivity contribution in [2.24, 2.45) is 0 Å². The smallest absolute Gasteiger partial charge is 0.272 e. The molecule has 1 fully saturated rings. The second kappa shape index (κ2) is 11.3. The molecule has 0 unspecified atom stereocenters. The Morgan fingerprint density at radius 2 is 1.94 bits per heavy atom. The zero-order valence-electron chi connectivity index (χ0n) is 19.5. The number of carbonyl (C=O) groups excluding carboxylic acids is 1. The second-order valence-corrected chi connectivity index (χ2v) is 8.47. The topological polar surface area (TPSA) is 112 Å². The van der Waals surface area contributed by atoms with Crippen molar-refractivity contribution in [1.82, 2.24) is 25.7 Å². The fourth-order valence-corrected chi connectivity index (χ4v) is 3.90. The molecule has 0 aliphatic heterocycles. The van der Waals surface area contributed by atoms with E-state index in [-0.39, 0.29) is 36.2 Å². The summed E-state index contributed by atoms with van der Waals surface area (Å²) < 4.78 is 40.8. The molecular formula is C24H27F2N5O4. The van der Waals surface area contributed by atoms with Crippen LogP contribution in [-0.2, 0) is 11.3 Å². The van der Waals surface area contributed by atoms with E-state index in [1.54, 1.807) is 25.3 Å². The van der Waals surface area contributed by atoms with Crippen molar-refractivity contribution in [1.29, 1.82) is 0 Å². The minimum atomic E-state index is -2.47. The van der Waals surface area contributed by atoms with Gasteiger partial charge in [0.05, 0.1) is 11.7 Å². The first-order valence-corrected chi connectivity index (χ1v) is 11.4. The van der Waals surface area contributed by atoms with Crippen molar-refractivity contribution in [3.8, 4) is 17.1 Å². The Morgan fingerprint density at radius 1 is 1.14 bits per heavy atom. The predicted molar refractivity (Wildman–Crippen MR) is 121 cm³/mol. The van der Waals surface area contributed by atoms with Crippen LogP contribution in [0.25, 0.3) is 11.3 Å². The van der Waals surface area contributed by atoms with Crippen molar-refractivity contribution in [3.63, 3.8) is 0 Å². The first kappa shape index (κ1) is 24.6. The van der Waals surface area contributed by atoms with Crippen molar-refractivity contribution in [3.05, 3.63) is 53.2 Å². The van der Waals surface area contributed by atoms with E-state index < -0.39 is 13.0 Å². The van der Waals surface area contributed by atoms with Crippen molar-refractivity contribution in [2.75, 3.05) is 6.61 Å². The van der Waals surface area contributed by atoms with Gasteiger partial charge in [0.1, 0.15) is 24.7 Å². The average Bonchev–Trinajstić information content (AvgIpc) is 3.23. The van der Waals surface area contributed by atoms with E-state index in [2.05, 4.69) is 25.7 Å². The molecule has 1 N–H and O–H groups in total. The fraction of sp³-hybridized carbons (Fsp3) is 0.458. The predicted octanol–water partition coefficient (Wildman–Crippen LogP) is 4.05. The van der Waals surface area contributed by atoms with E-state index in [4.69, 9.17) is 14.0 Å². The van der Waals surface area contributed by atoms with Crippen LogP contribution in [0.2, 0.25) is 0 Å². The van der Waals surface area contributed by atoms with Gasteiger partial charge in [-0.15, -0.1) is 10.2 Å². The molecule has 0 saturated heterocycles. The first-order valence-electron chi connectivity index (χ1n) is 11.4. The van der Waals surface area contributed by atoms with E-state index in [0.717, 1.165) is 16.8 Å². The number of amides is 1. The number of carbonyl (C=O) groups is 1. The number of aromatic nitrogens is 4. The van der Waals surface area contributed by atoms with Crippen molar-refractivity contribution >= 4 is 5.91 Å². The Balaban J connectivity index is 1.29. The summed E-state index contributed by atoms with van der Waals surface area (Å²) in [5.41, 5.74) is 3.30. The number of alkyl halides is 2. The maximum atomic E-state index is 12.5. The van der Waals surface area contributed by atoms with Crippen LogP contribution in [0.3, 0.4) is 0 Å². The van der Waals surface area contributed by atoms with E-state index >= 15 is 0 Å². The van der Waals surface area contributed by atoms with Gasteiger partial charge in [0.15, 0.2) is 5.69 Å². The molecule has 0 bridgehead atoms. The van der Waals surface area contributed by atoms with Gasteiger partial charge < -0.3 is 19.3 Å². The van der Waals surface area contributed by atoms with Gasteiger partial charge in [0, 0.05) is 29.6 Å². The lowest BCUT2D eigenvalue weighted by Gasteiger charge is -2.28. The van der Waals surface area contributed by atoms with Gasteiger partial charge in [-0.25, -0.2) is 8.78 Å². The van der Waals surface area contributed by atoms with Gasteiger partial charge in [0.2, 0.25) is 5.88 Å². The van der Waals surface area contributed by atoms with Crippen LogP contribution in [0.5, 0.6) is 5.88 Å². The molecule has 0 radical (unpaired) electrons. The molecule has 3 heterocycles. The Hall–Kier alpha value is -3.47. The molecule has 4 rings (SSSR count). The highest BCUT2D eigenvalue weighted by Gasteiger charge is 2.24. The van der Waals surface area contributed by atoms with E-state index in [1.165, 1.54) is 0 Å². The van der Waals surface area contributed by atoms with Gasteiger partial charge in [0.25, 0.3) is 12.3 Å². The number of nitrogens with one attached hydrogen (secondary N) is 1. The highest BCUT2D eigenvalue weighted by Crippen LogP contribution is 2.26. The van der Waals surface area contributed by atoms with Crippen molar-refractivity contribution < 1.29 is 27.6 Å². The molecule has 3 aromatic rings. The van der Waals surface area contributed by atoms with Gasteiger partial charge in [-0.3, -0.25) is 9.78 Å². The lowest BCUT2D eigenvalue weighted by atomic mass is 9.93. The van der Waals surface area contributed by atoms with Gasteiger partial charge in [-0.1, -0.05) is 5.16 Å². The Kier molecular flexibility index (Phi) is 7.96. The Morgan fingerprint density at radius 3 is 2.60 bits per heavy atom. The zero-order chi connectivity index (χ0) is 24.8. The number of rotatable bonds is 9. The maximum Gasteiger partial charge on any atom is 0.272 e. The number of hydrogen-bond donors (Lipinski definition) is 1. The number of ether oxygens (including phenoxy) is 2. The number of pyridine rings is 1. The summed E-state index contributed by atoms with van der Waals surface area (Å²) in [6.07, 6.45) is 1.64. The quantitative estimate of drug-likeness (QED) is 0.481. The molecule has 3 aromatic heterocycles. The summed E-state index contributed by atoms with van der Waals surface area (Å²) in [6.45, 7) is 3.32. The summed E-state index contributed by atoms with van der Waals surface area (Å²) in [5, 5.41) is 15.0. The highest BCUT2D eigenvalue weighted by molar-refractivity contribution is 5.92. The van der Waals surface area contributed by atoms with Crippen LogP contribution in [0.1, 0.15) is 53.2 Å². The number of hydrogen-bond acceptors (Lipinski definition) is 8. The summed E-state index contributed by atoms with van der Waals surface area (Å²) in [6, 6.07) is 6.87. The van der Waals surface area contributed by atoms with Gasteiger partial charge >= 0.3 is 0 Å². The van der Waals surface area contributed by atoms with E-state index in [0.29, 0.717) is 37.1 Å². The van der Waals surface area contributed by atoms with Gasteiger partial charge in [-0.2, -0.15) is 0 Å². The standard InChI is InChI=1S/C24H27F2N5O4/c1-14-3-4-16(11-27-14)23-19(15(2)35-31-23)12-34-22-10-9-20(29-30-22)24(32)28-17-5-7-18(8-6-17)33-13-21(25)26/h3-4,9-11,17-18,21H,5-8,12-13H2,1-2H3,(H,28,32)/t17-,18-. The largest absolute Gasteiger partial charge is 0.472 e. The molecule has 35 heavy (non-hydrogen) atoms. The van der Waals surface area contributed by atoms with E-state index in [1.807, 2.05) is 19.1 Å². The molecule has 1 aliphatic carbocycles. The monoisotopic (exact) mass is 487 g/mol. The molecule has 0 atom stereocenters. The van der Waals surface area contributed by atoms with Crippen LogP contribution in [-0.4, -0.2) is 51.4 Å². The van der Waals surface area contributed by atoms with Crippen LogP contribution in [0.4, 0.5) is 8.78 Å². The molecule has 1 amide bonds. The molecule has 11 heteroatoms. The SMILES string of the molecule is Cc1ccc(-c2noc(C)c2COc2ccc(C(=O)N[C@H]3CC[C@H](OCC(F)F)CC3)nn2)cn1. The zero-order valence-corrected chi connectivity index (χ0v) is 19.5. The second-order valence-electron chi connectivity index (χ2n) is 8.47. The first-order chi connectivity index (χ1) is 16.9. The number of nitrogens with zero attached hydrogens (tertiary/aromatic N) is 4. The molecule has 1 aliphatic rings. The van der Waals surface area contributed by atoms with E-state index in [9.17, 15) is 13.6 Å².